The third-order valence-corrected chi connectivity index (χ3v) is 7.72. The van der Waals surface area contributed by atoms with Gasteiger partial charge >= 0.3 is 0 Å². The fourth-order valence-corrected chi connectivity index (χ4v) is 5.53. The van der Waals surface area contributed by atoms with Crippen LogP contribution in [0.1, 0.15) is 95.2 Å². The second kappa shape index (κ2) is 13.5. The van der Waals surface area contributed by atoms with Crippen molar-refractivity contribution in [3.05, 3.63) is 51.5 Å². The maximum Gasteiger partial charge on any atom is 0.0210 e. The van der Waals surface area contributed by atoms with Crippen LogP contribution in [0.4, 0.5) is 0 Å². The van der Waals surface area contributed by atoms with E-state index in [0.717, 1.165) is 5.33 Å². The number of halogens is 2. The Bertz CT molecular complexity index is 711. The van der Waals surface area contributed by atoms with E-state index in [9.17, 15) is 0 Å². The van der Waals surface area contributed by atoms with Gasteiger partial charge in [0, 0.05) is 15.2 Å². The summed E-state index contributed by atoms with van der Waals surface area (Å²) >= 11 is 6.96. The van der Waals surface area contributed by atoms with E-state index in [4.69, 9.17) is 0 Å². The standard InChI is InChI=1S/C22H31Br.C3H5Br.C2H2/c1-4-5-6-7-8-9-14-22-15-10-11-19-20(23)13-12-18(21(19)22)16(2)17(22)3;1-2-3-4;1-2/h12-13H,4-11,14-15H2,1-3H3;2H,1,3H2;1-2H. The molecule has 0 heterocycles. The van der Waals surface area contributed by atoms with Gasteiger partial charge in [-0.2, -0.15) is 0 Å². The second-order valence-electron chi connectivity index (χ2n) is 8.09. The van der Waals surface area contributed by atoms with Crippen molar-refractivity contribution >= 4 is 37.4 Å². The summed E-state index contributed by atoms with van der Waals surface area (Å²) in [6.45, 7) is 10.5. The summed E-state index contributed by atoms with van der Waals surface area (Å²) in [6.07, 6.45) is 23.5. The molecule has 0 saturated carbocycles. The van der Waals surface area contributed by atoms with E-state index in [1.165, 1.54) is 68.7 Å². The Labute approximate surface area is 196 Å². The van der Waals surface area contributed by atoms with Crippen LogP contribution in [-0.4, -0.2) is 5.33 Å². The van der Waals surface area contributed by atoms with Crippen LogP contribution in [-0.2, 0) is 11.8 Å². The Balaban J connectivity index is 0.000000627. The zero-order valence-corrected chi connectivity index (χ0v) is 21.8. The summed E-state index contributed by atoms with van der Waals surface area (Å²) in [5, 5.41) is 0.896. The van der Waals surface area contributed by atoms with Crippen LogP contribution in [0.25, 0.3) is 5.57 Å². The molecule has 0 N–H and O–H groups in total. The van der Waals surface area contributed by atoms with Crippen LogP contribution in [0, 0.1) is 12.8 Å². The fraction of sp³-hybridized carbons (Fsp3) is 0.556. The molecule has 1 unspecified atom stereocenters. The Morgan fingerprint density at radius 1 is 1.10 bits per heavy atom. The highest BCUT2D eigenvalue weighted by Crippen LogP contribution is 2.56. The predicted octanol–water partition coefficient (Wildman–Crippen LogP) is 9.40. The minimum atomic E-state index is 0.363. The van der Waals surface area contributed by atoms with Gasteiger partial charge in [0.15, 0.2) is 0 Å². The molecule has 160 valence electrons. The second-order valence-corrected chi connectivity index (χ2v) is 9.60. The number of alkyl halides is 1. The fourth-order valence-electron chi connectivity index (χ4n) is 5.00. The molecular weight excluding hydrogens is 484 g/mol. The zero-order chi connectivity index (χ0) is 21.9. The molecule has 0 aliphatic heterocycles. The molecule has 0 bridgehead atoms. The van der Waals surface area contributed by atoms with Crippen molar-refractivity contribution in [2.75, 3.05) is 5.33 Å². The average molecular weight is 522 g/mol. The van der Waals surface area contributed by atoms with Crippen molar-refractivity contribution in [2.45, 2.75) is 90.4 Å². The Hall–Kier alpha value is -0.780. The van der Waals surface area contributed by atoms with Gasteiger partial charge in [-0.15, -0.1) is 19.4 Å². The lowest BCUT2D eigenvalue weighted by Crippen LogP contribution is -2.30. The summed E-state index contributed by atoms with van der Waals surface area (Å²) in [7, 11) is 0. The molecule has 3 rings (SSSR count). The number of benzene rings is 1. The van der Waals surface area contributed by atoms with E-state index < -0.39 is 0 Å². The molecule has 0 amide bonds. The molecule has 29 heavy (non-hydrogen) atoms. The van der Waals surface area contributed by atoms with Gasteiger partial charge in [0.05, 0.1) is 0 Å². The van der Waals surface area contributed by atoms with Crippen LogP contribution in [0.5, 0.6) is 0 Å². The maximum atomic E-state index is 4.00. The van der Waals surface area contributed by atoms with E-state index in [1.54, 1.807) is 33.9 Å². The average Bonchev–Trinajstić information content (AvgIpc) is 2.98. The van der Waals surface area contributed by atoms with E-state index in [-0.39, 0.29) is 0 Å². The predicted molar refractivity (Wildman–Crippen MR) is 139 cm³/mol. The summed E-state index contributed by atoms with van der Waals surface area (Å²) in [5.41, 5.74) is 8.44. The minimum Gasteiger partial charge on any atom is -0.124 e. The van der Waals surface area contributed by atoms with Crippen molar-refractivity contribution in [1.82, 2.24) is 0 Å². The largest absolute Gasteiger partial charge is 0.124 e. The van der Waals surface area contributed by atoms with E-state index in [1.807, 2.05) is 0 Å². The van der Waals surface area contributed by atoms with E-state index in [2.05, 4.69) is 84.2 Å². The molecular formula is C27H38Br2. The first-order valence-electron chi connectivity index (χ1n) is 11.0. The topological polar surface area (TPSA) is 0 Å². The van der Waals surface area contributed by atoms with Crippen molar-refractivity contribution in [3.8, 4) is 12.8 Å². The number of allylic oxidation sites excluding steroid dienone is 3. The van der Waals surface area contributed by atoms with Gasteiger partial charge in [0.25, 0.3) is 0 Å². The number of rotatable bonds is 8. The van der Waals surface area contributed by atoms with Gasteiger partial charge in [0.1, 0.15) is 0 Å². The lowest BCUT2D eigenvalue weighted by atomic mass is 9.65. The number of hydrogen-bond donors (Lipinski definition) is 0. The van der Waals surface area contributed by atoms with E-state index in [0.29, 0.717) is 5.41 Å². The summed E-state index contributed by atoms with van der Waals surface area (Å²) in [5.74, 6) is 0. The zero-order valence-electron chi connectivity index (χ0n) is 18.6. The van der Waals surface area contributed by atoms with Crippen molar-refractivity contribution in [2.24, 2.45) is 0 Å². The SMILES string of the molecule is C#C.C=CCBr.CCCCCCCCC12CCCc3c(Br)ccc(c31)C(C)=C2C. The van der Waals surface area contributed by atoms with Gasteiger partial charge in [-0.25, -0.2) is 0 Å². The molecule has 0 fully saturated rings. The quantitative estimate of drug-likeness (QED) is 0.138. The highest BCUT2D eigenvalue weighted by Gasteiger charge is 2.44. The molecule has 2 aliphatic carbocycles. The Morgan fingerprint density at radius 3 is 2.34 bits per heavy atom. The molecule has 0 radical (unpaired) electrons. The van der Waals surface area contributed by atoms with Crippen molar-refractivity contribution in [3.63, 3.8) is 0 Å². The highest BCUT2D eigenvalue weighted by molar-refractivity contribution is 9.10. The molecule has 1 atom stereocenters. The minimum absolute atomic E-state index is 0.363. The molecule has 0 spiro atoms. The lowest BCUT2D eigenvalue weighted by Gasteiger charge is -2.38. The third-order valence-electron chi connectivity index (χ3n) is 6.52. The van der Waals surface area contributed by atoms with Crippen LogP contribution in [0.15, 0.2) is 34.8 Å². The molecule has 0 saturated heterocycles. The molecule has 2 aliphatic rings. The molecule has 1 aromatic carbocycles. The maximum absolute atomic E-state index is 4.00. The first-order chi connectivity index (χ1) is 14.0. The number of unbranched alkanes of at least 4 members (excludes halogenated alkanes) is 5. The van der Waals surface area contributed by atoms with Crippen LogP contribution in [0.2, 0.25) is 0 Å². The van der Waals surface area contributed by atoms with Gasteiger partial charge in [-0.1, -0.05) is 95.0 Å². The highest BCUT2D eigenvalue weighted by atomic mass is 79.9. The third kappa shape index (κ3) is 6.11. The normalized spacial score (nSPS) is 18.9. The molecule has 0 aromatic heterocycles. The van der Waals surface area contributed by atoms with Crippen LogP contribution in [0.3, 0.4) is 0 Å². The first kappa shape index (κ1) is 26.3. The Morgan fingerprint density at radius 2 is 1.72 bits per heavy atom. The van der Waals surface area contributed by atoms with Crippen molar-refractivity contribution < 1.29 is 0 Å². The monoisotopic (exact) mass is 520 g/mol. The first-order valence-corrected chi connectivity index (χ1v) is 12.9. The number of hydrogen-bond acceptors (Lipinski definition) is 0. The molecule has 0 nitrogen and oxygen atoms in total. The summed E-state index contributed by atoms with van der Waals surface area (Å²) in [6, 6.07) is 4.63. The Kier molecular flexibility index (Phi) is 12.2. The van der Waals surface area contributed by atoms with Crippen LogP contribution >= 0.6 is 31.9 Å². The molecule has 2 heteroatoms. The summed E-state index contributed by atoms with van der Waals surface area (Å²) in [4.78, 5) is 0. The van der Waals surface area contributed by atoms with E-state index >= 15 is 0 Å². The number of terminal acetylenes is 1. The van der Waals surface area contributed by atoms with Crippen LogP contribution < -0.4 is 0 Å². The lowest BCUT2D eigenvalue weighted by molar-refractivity contribution is 0.378. The smallest absolute Gasteiger partial charge is 0.0210 e. The molecule has 1 aromatic rings. The van der Waals surface area contributed by atoms with Gasteiger partial charge in [0.2, 0.25) is 0 Å². The summed E-state index contributed by atoms with van der Waals surface area (Å²) < 4.78 is 1.34. The van der Waals surface area contributed by atoms with Gasteiger partial charge < -0.3 is 0 Å². The van der Waals surface area contributed by atoms with Crippen molar-refractivity contribution in [1.29, 1.82) is 0 Å². The van der Waals surface area contributed by atoms with Gasteiger partial charge in [-0.05, 0) is 67.9 Å². The van der Waals surface area contributed by atoms with Gasteiger partial charge in [-0.3, -0.25) is 0 Å².